The Labute approximate surface area is 123 Å². The fourth-order valence-corrected chi connectivity index (χ4v) is 1.84. The first kappa shape index (κ1) is 16.8. The van der Waals surface area contributed by atoms with Crippen LogP contribution in [0.4, 0.5) is 0 Å². The van der Waals surface area contributed by atoms with Crippen LogP contribution in [-0.2, 0) is 11.2 Å². The van der Waals surface area contributed by atoms with Crippen LogP contribution in [0.25, 0.3) is 0 Å². The Morgan fingerprint density at radius 1 is 1.50 bits per heavy atom. The van der Waals surface area contributed by atoms with Crippen molar-refractivity contribution in [2.45, 2.75) is 25.4 Å². The Morgan fingerprint density at radius 2 is 2.20 bits per heavy atom. The molecule has 0 radical (unpaired) electrons. The van der Waals surface area contributed by atoms with Gasteiger partial charge in [0.1, 0.15) is 11.4 Å². The van der Waals surface area contributed by atoms with Crippen LogP contribution >= 0.6 is 11.6 Å². The normalized spacial score (nSPS) is 13.7. The molecule has 0 saturated carbocycles. The van der Waals surface area contributed by atoms with Crippen LogP contribution in [0.3, 0.4) is 0 Å². The van der Waals surface area contributed by atoms with E-state index in [9.17, 15) is 9.90 Å². The molecule has 0 aliphatic rings. The van der Waals surface area contributed by atoms with Gasteiger partial charge in [0.15, 0.2) is 0 Å². The fourth-order valence-electron chi connectivity index (χ4n) is 1.56. The third-order valence-electron chi connectivity index (χ3n) is 2.86. The maximum absolute atomic E-state index is 11.6. The average molecular weight is 302 g/mol. The summed E-state index contributed by atoms with van der Waals surface area (Å²) >= 11 is 6.00. The zero-order valence-corrected chi connectivity index (χ0v) is 12.4. The van der Waals surface area contributed by atoms with Crippen LogP contribution in [0.1, 0.15) is 18.9 Å². The Bertz CT molecular complexity index is 462. The van der Waals surface area contributed by atoms with E-state index in [1.807, 2.05) is 6.07 Å². The molecule has 0 spiro atoms. The molecule has 0 fully saturated rings. The number of amides is 1. The smallest absolute Gasteiger partial charge is 0.220 e. The van der Waals surface area contributed by atoms with Gasteiger partial charge in [-0.2, -0.15) is 0 Å². The van der Waals surface area contributed by atoms with Crippen molar-refractivity contribution in [1.29, 1.82) is 0 Å². The number of aryl methyl sites for hydroxylation is 1. The zero-order valence-electron chi connectivity index (χ0n) is 11.6. The van der Waals surface area contributed by atoms with Gasteiger partial charge in [0, 0.05) is 13.0 Å². The van der Waals surface area contributed by atoms with Crippen molar-refractivity contribution in [3.05, 3.63) is 28.8 Å². The predicted octanol–water partition coefficient (Wildman–Crippen LogP) is 1.14. The SMILES string of the molecule is COc1ccc(CCC(=O)NCC(C)(O)CO)cc1Cl. The second kappa shape index (κ2) is 7.47. The number of hydrogen-bond acceptors (Lipinski definition) is 4. The van der Waals surface area contributed by atoms with Crippen LogP contribution in [0.5, 0.6) is 5.75 Å². The number of carbonyl (C=O) groups is 1. The minimum atomic E-state index is -1.29. The van der Waals surface area contributed by atoms with Crippen molar-refractivity contribution in [2.24, 2.45) is 0 Å². The molecule has 6 heteroatoms. The second-order valence-electron chi connectivity index (χ2n) is 4.90. The maximum atomic E-state index is 11.6. The Hall–Kier alpha value is -1.30. The van der Waals surface area contributed by atoms with E-state index in [4.69, 9.17) is 21.4 Å². The number of ether oxygens (including phenoxy) is 1. The molecule has 1 amide bonds. The summed E-state index contributed by atoms with van der Waals surface area (Å²) in [6, 6.07) is 5.37. The molecule has 20 heavy (non-hydrogen) atoms. The molecule has 0 aliphatic heterocycles. The van der Waals surface area contributed by atoms with Gasteiger partial charge in [0.05, 0.1) is 18.7 Å². The average Bonchev–Trinajstić information content (AvgIpc) is 2.43. The quantitative estimate of drug-likeness (QED) is 0.706. The first-order valence-electron chi connectivity index (χ1n) is 6.30. The number of hydrogen-bond donors (Lipinski definition) is 3. The molecule has 1 atom stereocenters. The van der Waals surface area contributed by atoms with Gasteiger partial charge >= 0.3 is 0 Å². The number of carbonyl (C=O) groups excluding carboxylic acids is 1. The van der Waals surface area contributed by atoms with Crippen molar-refractivity contribution in [3.8, 4) is 5.75 Å². The van der Waals surface area contributed by atoms with E-state index in [-0.39, 0.29) is 18.9 Å². The Morgan fingerprint density at radius 3 is 2.75 bits per heavy atom. The highest BCUT2D eigenvalue weighted by atomic mass is 35.5. The van der Waals surface area contributed by atoms with Gasteiger partial charge < -0.3 is 20.3 Å². The van der Waals surface area contributed by atoms with E-state index < -0.39 is 12.2 Å². The second-order valence-corrected chi connectivity index (χ2v) is 5.31. The highest BCUT2D eigenvalue weighted by Gasteiger charge is 2.19. The molecule has 0 bridgehead atoms. The van der Waals surface area contributed by atoms with E-state index in [2.05, 4.69) is 5.32 Å². The summed E-state index contributed by atoms with van der Waals surface area (Å²) in [5.41, 5.74) is -0.362. The summed E-state index contributed by atoms with van der Waals surface area (Å²) < 4.78 is 5.05. The summed E-state index contributed by atoms with van der Waals surface area (Å²) in [6.07, 6.45) is 0.820. The molecule has 1 unspecified atom stereocenters. The molecule has 0 heterocycles. The van der Waals surface area contributed by atoms with Crippen LogP contribution < -0.4 is 10.1 Å². The number of halogens is 1. The summed E-state index contributed by atoms with van der Waals surface area (Å²) in [6.45, 7) is 1.07. The third kappa shape index (κ3) is 5.36. The molecule has 0 saturated heterocycles. The van der Waals surface area contributed by atoms with Crippen molar-refractivity contribution < 1.29 is 19.7 Å². The zero-order chi connectivity index (χ0) is 15.2. The van der Waals surface area contributed by atoms with Crippen LogP contribution in [0.15, 0.2) is 18.2 Å². The molecule has 0 aromatic heterocycles. The number of aliphatic hydroxyl groups is 2. The number of aliphatic hydroxyl groups excluding tert-OH is 1. The number of methoxy groups -OCH3 is 1. The fraction of sp³-hybridized carbons (Fsp3) is 0.500. The molecule has 1 aromatic carbocycles. The summed E-state index contributed by atoms with van der Waals surface area (Å²) in [5.74, 6) is 0.407. The molecule has 5 nitrogen and oxygen atoms in total. The van der Waals surface area contributed by atoms with E-state index >= 15 is 0 Å². The van der Waals surface area contributed by atoms with Gasteiger partial charge in [0.2, 0.25) is 5.91 Å². The van der Waals surface area contributed by atoms with Gasteiger partial charge in [-0.3, -0.25) is 4.79 Å². The highest BCUT2D eigenvalue weighted by Crippen LogP contribution is 2.25. The van der Waals surface area contributed by atoms with Crippen molar-refractivity contribution >= 4 is 17.5 Å². The lowest BCUT2D eigenvalue weighted by atomic mass is 10.1. The molecule has 3 N–H and O–H groups in total. The molecule has 112 valence electrons. The standard InChI is InChI=1S/C14H20ClNO4/c1-14(19,9-17)8-16-13(18)6-4-10-3-5-12(20-2)11(15)7-10/h3,5,7,17,19H,4,6,8-9H2,1-2H3,(H,16,18). The summed E-state index contributed by atoms with van der Waals surface area (Å²) in [4.78, 5) is 11.6. The Balaban J connectivity index is 2.43. The largest absolute Gasteiger partial charge is 0.495 e. The van der Waals surface area contributed by atoms with Crippen molar-refractivity contribution in [2.75, 3.05) is 20.3 Å². The van der Waals surface area contributed by atoms with Crippen LogP contribution in [-0.4, -0.2) is 42.0 Å². The van der Waals surface area contributed by atoms with Crippen LogP contribution in [0, 0.1) is 0 Å². The lowest BCUT2D eigenvalue weighted by Gasteiger charge is -2.20. The van der Waals surface area contributed by atoms with Crippen molar-refractivity contribution in [1.82, 2.24) is 5.32 Å². The Kier molecular flexibility index (Phi) is 6.26. The molecular formula is C14H20ClNO4. The highest BCUT2D eigenvalue weighted by molar-refractivity contribution is 6.32. The van der Waals surface area contributed by atoms with E-state index in [0.717, 1.165) is 5.56 Å². The van der Waals surface area contributed by atoms with Gasteiger partial charge in [-0.05, 0) is 31.0 Å². The van der Waals surface area contributed by atoms with Gasteiger partial charge in [-0.25, -0.2) is 0 Å². The number of nitrogens with one attached hydrogen (secondary N) is 1. The maximum Gasteiger partial charge on any atom is 0.220 e. The molecule has 1 aromatic rings. The summed E-state index contributed by atoms with van der Waals surface area (Å²) in [7, 11) is 1.54. The lowest BCUT2D eigenvalue weighted by molar-refractivity contribution is -0.122. The third-order valence-corrected chi connectivity index (χ3v) is 3.16. The minimum absolute atomic E-state index is 0.0195. The van der Waals surface area contributed by atoms with Gasteiger partial charge in [-0.1, -0.05) is 17.7 Å². The first-order valence-corrected chi connectivity index (χ1v) is 6.68. The van der Waals surface area contributed by atoms with Crippen molar-refractivity contribution in [3.63, 3.8) is 0 Å². The molecule has 1 rings (SSSR count). The van der Waals surface area contributed by atoms with E-state index in [1.54, 1.807) is 19.2 Å². The topological polar surface area (TPSA) is 78.8 Å². The molecule has 0 aliphatic carbocycles. The van der Waals surface area contributed by atoms with E-state index in [0.29, 0.717) is 17.2 Å². The molecular weight excluding hydrogens is 282 g/mol. The van der Waals surface area contributed by atoms with Gasteiger partial charge in [0.25, 0.3) is 0 Å². The summed E-state index contributed by atoms with van der Waals surface area (Å²) in [5, 5.41) is 21.5. The first-order chi connectivity index (χ1) is 9.38. The number of benzene rings is 1. The predicted molar refractivity (Wildman–Crippen MR) is 77.0 cm³/mol. The number of rotatable bonds is 7. The minimum Gasteiger partial charge on any atom is -0.495 e. The monoisotopic (exact) mass is 301 g/mol. The van der Waals surface area contributed by atoms with Gasteiger partial charge in [-0.15, -0.1) is 0 Å². The van der Waals surface area contributed by atoms with Crippen LogP contribution in [0.2, 0.25) is 5.02 Å². The van der Waals surface area contributed by atoms with E-state index in [1.165, 1.54) is 6.92 Å². The lowest BCUT2D eigenvalue weighted by Crippen LogP contribution is -2.43.